The van der Waals surface area contributed by atoms with Crippen LogP contribution in [0.5, 0.6) is 0 Å². The zero-order valence-electron chi connectivity index (χ0n) is 18.7. The van der Waals surface area contributed by atoms with Gasteiger partial charge in [-0.25, -0.2) is 4.90 Å². The third kappa shape index (κ3) is 5.69. The van der Waals surface area contributed by atoms with E-state index >= 15 is 0 Å². The van der Waals surface area contributed by atoms with Crippen molar-refractivity contribution >= 4 is 23.2 Å². The van der Waals surface area contributed by atoms with Crippen molar-refractivity contribution in [1.29, 1.82) is 0 Å². The summed E-state index contributed by atoms with van der Waals surface area (Å²) >= 11 is 12.6. The van der Waals surface area contributed by atoms with Crippen LogP contribution in [0.25, 0.3) is 0 Å². The maximum absolute atomic E-state index is 10.7. The number of nitrogens with zero attached hydrogens (tertiary/aromatic N) is 2. The average molecular weight is 496 g/mol. The highest BCUT2D eigenvalue weighted by atomic mass is 35.5. The lowest BCUT2D eigenvalue weighted by Gasteiger charge is -2.38. The number of halogens is 2. The molecule has 10 atom stereocenters. The zero-order valence-corrected chi connectivity index (χ0v) is 20.2. The van der Waals surface area contributed by atoms with E-state index in [1.165, 1.54) is 0 Å². The van der Waals surface area contributed by atoms with Gasteiger partial charge >= 0.3 is 0 Å². The molecule has 3 heterocycles. The van der Waals surface area contributed by atoms with E-state index in [1.807, 2.05) is 11.9 Å². The van der Waals surface area contributed by atoms with Crippen molar-refractivity contribution in [2.45, 2.75) is 72.9 Å². The largest absolute Gasteiger partial charge is 0.387 e. The van der Waals surface area contributed by atoms with Crippen LogP contribution in [0.4, 0.5) is 0 Å². The molecule has 0 spiro atoms. The smallest absolute Gasteiger partial charge is 0.142 e. The molecule has 32 heavy (non-hydrogen) atoms. The molecule has 1 aliphatic carbocycles. The number of rotatable bonds is 8. The van der Waals surface area contributed by atoms with Crippen LogP contribution in [0, 0.1) is 5.92 Å². The van der Waals surface area contributed by atoms with Crippen LogP contribution in [-0.4, -0.2) is 120 Å². The van der Waals surface area contributed by atoms with E-state index in [9.17, 15) is 10.2 Å². The van der Waals surface area contributed by atoms with Crippen molar-refractivity contribution in [2.24, 2.45) is 11.7 Å². The van der Waals surface area contributed by atoms with E-state index < -0.39 is 24.5 Å². The lowest BCUT2D eigenvalue weighted by atomic mass is 9.88. The maximum Gasteiger partial charge on any atom is 0.142 e. The SMILES string of the molecule is CN(CCNCC1CCC(Cl)CC1Cl)C[C@H]1O[C@@H](N2CNC3C(N)NCNC32)[C@H](O)[C@@H]1O. The van der Waals surface area contributed by atoms with Crippen molar-refractivity contribution in [1.82, 2.24) is 31.1 Å². The van der Waals surface area contributed by atoms with Gasteiger partial charge in [0, 0.05) is 37.1 Å². The molecule has 6 unspecified atom stereocenters. The molecule has 4 aliphatic rings. The molecule has 12 heteroatoms. The number of ether oxygens (including phenoxy) is 1. The predicted octanol–water partition coefficient (Wildman–Crippen LogP) is -2.04. The normalized spacial score (nSPS) is 45.5. The minimum absolute atomic E-state index is 0.0107. The monoisotopic (exact) mass is 495 g/mol. The first-order chi connectivity index (χ1) is 15.3. The fourth-order valence-electron chi connectivity index (χ4n) is 5.32. The van der Waals surface area contributed by atoms with E-state index in [0.717, 1.165) is 38.9 Å². The second-order valence-corrected chi connectivity index (χ2v) is 10.8. The second-order valence-electron chi connectivity index (χ2n) is 9.66. The molecule has 3 saturated heterocycles. The standard InChI is InChI=1S/C20H39Cl2N7O3/c1-28(5-4-24-7-11-2-3-12(21)6-13(11)22)8-14-16(30)17(31)20(32-14)29-10-27-15-18(23)25-9-26-19(15)29/h11-20,24-27,30-31H,2-10,23H2,1H3/t11?,12?,13?,14-,15?,16-,17-,18?,19?,20-/m1/s1. The highest BCUT2D eigenvalue weighted by Crippen LogP contribution is 2.31. The fraction of sp³-hybridized carbons (Fsp3) is 1.00. The van der Waals surface area contributed by atoms with Gasteiger partial charge in [0.1, 0.15) is 24.5 Å². The number of hydrogen-bond acceptors (Lipinski definition) is 10. The van der Waals surface area contributed by atoms with Crippen LogP contribution in [0.2, 0.25) is 0 Å². The van der Waals surface area contributed by atoms with Gasteiger partial charge in [0.15, 0.2) is 0 Å². The Hall–Kier alpha value is 0.180. The third-order valence-electron chi connectivity index (χ3n) is 7.32. The molecule has 10 nitrogen and oxygen atoms in total. The second kappa shape index (κ2) is 11.3. The topological polar surface area (TPSA) is 130 Å². The molecule has 0 aromatic heterocycles. The van der Waals surface area contributed by atoms with Crippen molar-refractivity contribution < 1.29 is 14.9 Å². The van der Waals surface area contributed by atoms with Crippen LogP contribution in [0.3, 0.4) is 0 Å². The third-order valence-corrected chi connectivity index (χ3v) is 8.25. The highest BCUT2D eigenvalue weighted by molar-refractivity contribution is 6.23. The van der Waals surface area contributed by atoms with E-state index in [1.54, 1.807) is 0 Å². The number of nitrogens with two attached hydrogens (primary N) is 1. The number of nitrogens with one attached hydrogen (secondary N) is 4. The first-order valence-electron chi connectivity index (χ1n) is 11.8. The Bertz CT molecular complexity index is 612. The molecule has 186 valence electrons. The minimum Gasteiger partial charge on any atom is -0.387 e. The summed E-state index contributed by atoms with van der Waals surface area (Å²) in [6, 6.07) is 0.0107. The van der Waals surface area contributed by atoms with Gasteiger partial charge in [-0.2, -0.15) is 0 Å². The van der Waals surface area contributed by atoms with Gasteiger partial charge in [-0.05, 0) is 38.8 Å². The maximum atomic E-state index is 10.7. The Kier molecular flexibility index (Phi) is 8.91. The lowest BCUT2D eigenvalue weighted by Crippen LogP contribution is -2.68. The quantitative estimate of drug-likeness (QED) is 0.149. The molecule has 4 fully saturated rings. The van der Waals surface area contributed by atoms with E-state index in [0.29, 0.717) is 25.8 Å². The van der Waals surface area contributed by atoms with Crippen LogP contribution in [0.15, 0.2) is 0 Å². The number of likely N-dealkylation sites (N-methyl/N-ethyl adjacent to an activating group) is 1. The number of alkyl halides is 2. The van der Waals surface area contributed by atoms with Crippen LogP contribution in [-0.2, 0) is 4.74 Å². The Labute approximate surface area is 200 Å². The van der Waals surface area contributed by atoms with Crippen molar-refractivity contribution in [3.05, 3.63) is 0 Å². The summed E-state index contributed by atoms with van der Waals surface area (Å²) in [5.41, 5.74) is 6.14. The summed E-state index contributed by atoms with van der Waals surface area (Å²) in [4.78, 5) is 4.13. The first-order valence-corrected chi connectivity index (χ1v) is 12.6. The summed E-state index contributed by atoms with van der Waals surface area (Å²) in [5.74, 6) is 0.461. The highest BCUT2D eigenvalue weighted by Gasteiger charge is 2.51. The van der Waals surface area contributed by atoms with Gasteiger partial charge in [0.05, 0.1) is 25.0 Å². The van der Waals surface area contributed by atoms with Crippen LogP contribution >= 0.6 is 23.2 Å². The molecule has 4 rings (SSSR count). The molecular weight excluding hydrogens is 457 g/mol. The molecule has 0 aromatic carbocycles. The summed E-state index contributed by atoms with van der Waals surface area (Å²) in [6.07, 6.45) is -0.215. The summed E-state index contributed by atoms with van der Waals surface area (Å²) in [7, 11) is 2.00. The number of aliphatic hydroxyl groups excluding tert-OH is 2. The molecular formula is C20H39Cl2N7O3. The Balaban J connectivity index is 1.20. The van der Waals surface area contributed by atoms with E-state index in [4.69, 9.17) is 33.7 Å². The lowest BCUT2D eigenvalue weighted by molar-refractivity contribution is -0.106. The number of hydrogen-bond donors (Lipinski definition) is 7. The number of fused-ring (bicyclic) bond motifs is 1. The minimum atomic E-state index is -0.974. The molecule has 0 aromatic rings. The number of aliphatic hydroxyl groups is 2. The van der Waals surface area contributed by atoms with Gasteiger partial charge in [-0.1, -0.05) is 0 Å². The molecule has 0 radical (unpaired) electrons. The Morgan fingerprint density at radius 3 is 2.78 bits per heavy atom. The fourth-order valence-corrected chi connectivity index (χ4v) is 6.16. The zero-order chi connectivity index (χ0) is 22.8. The van der Waals surface area contributed by atoms with E-state index in [2.05, 4.69) is 26.2 Å². The van der Waals surface area contributed by atoms with Crippen LogP contribution < -0.4 is 27.0 Å². The van der Waals surface area contributed by atoms with Crippen molar-refractivity contribution in [3.8, 4) is 0 Å². The Morgan fingerprint density at radius 1 is 1.19 bits per heavy atom. The van der Waals surface area contributed by atoms with Gasteiger partial charge in [0.2, 0.25) is 0 Å². The summed E-state index contributed by atoms with van der Waals surface area (Å²) in [6.45, 7) is 4.18. The van der Waals surface area contributed by atoms with Gasteiger partial charge in [-0.3, -0.25) is 16.0 Å². The van der Waals surface area contributed by atoms with Crippen LogP contribution in [0.1, 0.15) is 19.3 Å². The van der Waals surface area contributed by atoms with Gasteiger partial charge in [-0.15, -0.1) is 23.2 Å². The predicted molar refractivity (Wildman–Crippen MR) is 124 cm³/mol. The first kappa shape index (κ1) is 25.3. The molecule has 0 amide bonds. The Morgan fingerprint density at radius 2 is 2.00 bits per heavy atom. The average Bonchev–Trinajstić information content (AvgIpc) is 3.30. The van der Waals surface area contributed by atoms with Crippen molar-refractivity contribution in [2.75, 3.05) is 46.6 Å². The van der Waals surface area contributed by atoms with Crippen molar-refractivity contribution in [3.63, 3.8) is 0 Å². The molecule has 1 saturated carbocycles. The molecule has 0 bridgehead atoms. The molecule has 3 aliphatic heterocycles. The van der Waals surface area contributed by atoms with Gasteiger partial charge in [0.25, 0.3) is 0 Å². The van der Waals surface area contributed by atoms with Gasteiger partial charge < -0.3 is 30.9 Å². The van der Waals surface area contributed by atoms with E-state index in [-0.39, 0.29) is 29.1 Å². The summed E-state index contributed by atoms with van der Waals surface area (Å²) in [5, 5.41) is 35.1. The molecule has 8 N–H and O–H groups in total. The summed E-state index contributed by atoms with van der Waals surface area (Å²) < 4.78 is 6.14.